The number of allylic oxidation sites excluding steroid dienone is 1. The average molecular weight is 503 g/mol. The minimum absolute atomic E-state index is 0. The van der Waals surface area contributed by atoms with Gasteiger partial charge in [0.1, 0.15) is 6.61 Å². The number of aromatic nitrogens is 1. The van der Waals surface area contributed by atoms with E-state index in [1.165, 1.54) is 0 Å². The van der Waals surface area contributed by atoms with Gasteiger partial charge in [0, 0.05) is 33.8 Å². The largest absolute Gasteiger partial charge is 1.00 e. The van der Waals surface area contributed by atoms with Crippen LogP contribution >= 0.6 is 11.6 Å². The summed E-state index contributed by atoms with van der Waals surface area (Å²) < 4.78 is 18.5. The molecule has 0 saturated carbocycles. The molecule has 3 aromatic rings. The molecular weight excluding hydrogens is 482 g/mol. The molecule has 7 heteroatoms. The molecular formula is C24H21BrClNO4. The summed E-state index contributed by atoms with van der Waals surface area (Å²) in [5, 5.41) is 0.719. The van der Waals surface area contributed by atoms with Gasteiger partial charge < -0.3 is 31.2 Å². The molecule has 1 aromatic heterocycles. The van der Waals surface area contributed by atoms with Crippen LogP contribution in [-0.4, -0.2) is 20.0 Å². The summed E-state index contributed by atoms with van der Waals surface area (Å²) in [5.41, 5.74) is 3.26. The summed E-state index contributed by atoms with van der Waals surface area (Å²) in [5.74, 6) is 1.24. The highest BCUT2D eigenvalue weighted by Crippen LogP contribution is 2.37. The van der Waals surface area contributed by atoms with Crippen LogP contribution in [0.4, 0.5) is 0 Å². The van der Waals surface area contributed by atoms with Gasteiger partial charge in [0.25, 0.3) is 0 Å². The predicted molar refractivity (Wildman–Crippen MR) is 114 cm³/mol. The minimum atomic E-state index is -0.173. The number of hydrogen-bond acceptors (Lipinski definition) is 4. The maximum absolute atomic E-state index is 12.9. The zero-order chi connectivity index (χ0) is 21.1. The lowest BCUT2D eigenvalue weighted by Gasteiger charge is -2.22. The van der Waals surface area contributed by atoms with E-state index in [0.29, 0.717) is 34.9 Å². The third-order valence-corrected chi connectivity index (χ3v) is 5.19. The Hall–Kier alpha value is -2.83. The SMILES string of the molecule is COc1ccc2c(c1OC)CO/C(=C\c1cc[n+](Cc3cccc(Cl)c3)cc1)C2=O.[Br-]. The first-order valence-corrected chi connectivity index (χ1v) is 9.83. The summed E-state index contributed by atoms with van der Waals surface area (Å²) in [6.45, 7) is 0.955. The van der Waals surface area contributed by atoms with Crippen LogP contribution in [0.25, 0.3) is 6.08 Å². The van der Waals surface area contributed by atoms with Gasteiger partial charge in [-0.05, 0) is 35.9 Å². The number of nitrogens with zero attached hydrogens (tertiary/aromatic N) is 1. The summed E-state index contributed by atoms with van der Waals surface area (Å²) in [7, 11) is 3.12. The molecule has 5 nitrogen and oxygen atoms in total. The molecule has 2 aromatic carbocycles. The number of hydrogen-bond donors (Lipinski definition) is 0. The third-order valence-electron chi connectivity index (χ3n) is 4.96. The van der Waals surface area contributed by atoms with Gasteiger partial charge in [-0.2, -0.15) is 0 Å². The van der Waals surface area contributed by atoms with Crippen LogP contribution in [0.2, 0.25) is 5.02 Å². The summed E-state index contributed by atoms with van der Waals surface area (Å²) in [4.78, 5) is 12.9. The molecule has 0 amide bonds. The quantitative estimate of drug-likeness (QED) is 0.392. The van der Waals surface area contributed by atoms with Crippen LogP contribution in [0.15, 0.2) is 66.7 Å². The van der Waals surface area contributed by atoms with Crippen molar-refractivity contribution in [3.8, 4) is 11.5 Å². The van der Waals surface area contributed by atoms with Gasteiger partial charge >= 0.3 is 0 Å². The summed E-state index contributed by atoms with van der Waals surface area (Å²) in [6, 6.07) is 15.1. The predicted octanol–water partition coefficient (Wildman–Crippen LogP) is 1.45. The van der Waals surface area contributed by atoms with Gasteiger partial charge in [-0.25, -0.2) is 4.57 Å². The number of ether oxygens (including phenoxy) is 3. The van der Waals surface area contributed by atoms with E-state index < -0.39 is 0 Å². The van der Waals surface area contributed by atoms with Crippen LogP contribution in [0, 0.1) is 0 Å². The van der Waals surface area contributed by atoms with Gasteiger partial charge in [-0.15, -0.1) is 0 Å². The molecule has 0 bridgehead atoms. The van der Waals surface area contributed by atoms with E-state index >= 15 is 0 Å². The topological polar surface area (TPSA) is 48.6 Å². The molecule has 1 aliphatic heterocycles. The molecule has 160 valence electrons. The first-order valence-electron chi connectivity index (χ1n) is 9.45. The molecule has 0 spiro atoms. The van der Waals surface area contributed by atoms with Crippen LogP contribution in [0.3, 0.4) is 0 Å². The van der Waals surface area contributed by atoms with Crippen molar-refractivity contribution in [2.45, 2.75) is 13.2 Å². The molecule has 0 fully saturated rings. The zero-order valence-corrected chi connectivity index (χ0v) is 19.4. The first kappa shape index (κ1) is 22.8. The maximum Gasteiger partial charge on any atom is 0.228 e. The van der Waals surface area contributed by atoms with Crippen LogP contribution in [0.5, 0.6) is 11.5 Å². The van der Waals surface area contributed by atoms with Crippen molar-refractivity contribution >= 4 is 23.5 Å². The highest BCUT2D eigenvalue weighted by molar-refractivity contribution is 6.30. The molecule has 0 N–H and O–H groups in total. The van der Waals surface area contributed by atoms with Gasteiger partial charge in [-0.1, -0.05) is 23.7 Å². The van der Waals surface area contributed by atoms with E-state index in [1.807, 2.05) is 53.4 Å². The summed E-state index contributed by atoms with van der Waals surface area (Å²) in [6.07, 6.45) is 5.68. The van der Waals surface area contributed by atoms with E-state index in [4.69, 9.17) is 25.8 Å². The van der Waals surface area contributed by atoms with E-state index in [-0.39, 0.29) is 29.4 Å². The Labute approximate surface area is 196 Å². The molecule has 0 saturated heterocycles. The lowest BCUT2D eigenvalue weighted by molar-refractivity contribution is -0.688. The highest BCUT2D eigenvalue weighted by atomic mass is 79.9. The number of Topliss-reactive ketones (excluding diaryl/α,β-unsaturated/α-hetero) is 1. The lowest BCUT2D eigenvalue weighted by Crippen LogP contribution is -3.00. The molecule has 1 aliphatic rings. The van der Waals surface area contributed by atoms with Crippen molar-refractivity contribution in [1.82, 2.24) is 0 Å². The van der Waals surface area contributed by atoms with E-state index in [1.54, 1.807) is 32.4 Å². The molecule has 0 unspecified atom stereocenters. The van der Waals surface area contributed by atoms with Crippen molar-refractivity contribution in [2.75, 3.05) is 14.2 Å². The molecule has 2 heterocycles. The normalized spacial score (nSPS) is 13.8. The van der Waals surface area contributed by atoms with Gasteiger partial charge in [0.2, 0.25) is 5.78 Å². The van der Waals surface area contributed by atoms with Gasteiger partial charge in [0.05, 0.1) is 14.2 Å². The third kappa shape index (κ3) is 4.92. The van der Waals surface area contributed by atoms with E-state index in [0.717, 1.165) is 16.1 Å². The zero-order valence-electron chi connectivity index (χ0n) is 17.1. The summed E-state index contributed by atoms with van der Waals surface area (Å²) >= 11 is 6.05. The molecule has 0 radical (unpaired) electrons. The average Bonchev–Trinajstić information content (AvgIpc) is 2.76. The van der Waals surface area contributed by atoms with Gasteiger partial charge in [-0.3, -0.25) is 4.79 Å². The first-order chi connectivity index (χ1) is 14.6. The van der Waals surface area contributed by atoms with Crippen molar-refractivity contribution < 1.29 is 40.6 Å². The van der Waals surface area contributed by atoms with Crippen LogP contribution in [0.1, 0.15) is 27.0 Å². The monoisotopic (exact) mass is 501 g/mol. The van der Waals surface area contributed by atoms with E-state index in [9.17, 15) is 4.79 Å². The molecule has 0 aliphatic carbocycles. The Bertz CT molecular complexity index is 1130. The fraction of sp³-hybridized carbons (Fsp3) is 0.167. The van der Waals surface area contributed by atoms with Crippen molar-refractivity contribution in [2.24, 2.45) is 0 Å². The fourth-order valence-corrected chi connectivity index (χ4v) is 3.68. The maximum atomic E-state index is 12.9. The Kier molecular flexibility index (Phi) is 7.36. The van der Waals surface area contributed by atoms with Gasteiger partial charge in [0.15, 0.2) is 36.2 Å². The number of pyridine rings is 1. The number of ketones is 1. The van der Waals surface area contributed by atoms with Crippen molar-refractivity contribution in [1.29, 1.82) is 0 Å². The Morgan fingerprint density at radius 2 is 1.87 bits per heavy atom. The van der Waals surface area contributed by atoms with Crippen molar-refractivity contribution in [3.63, 3.8) is 0 Å². The number of rotatable bonds is 5. The number of benzene rings is 2. The van der Waals surface area contributed by atoms with Crippen LogP contribution < -0.4 is 31.0 Å². The number of methoxy groups -OCH3 is 2. The Balaban J connectivity index is 0.00000272. The van der Waals surface area contributed by atoms with E-state index in [2.05, 4.69) is 0 Å². The second-order valence-electron chi connectivity index (χ2n) is 6.89. The lowest BCUT2D eigenvalue weighted by atomic mass is 9.98. The molecule has 31 heavy (non-hydrogen) atoms. The standard InChI is InChI=1S/C24H21ClNO4.BrH/c1-28-21-7-6-19-20(24(21)29-2)15-30-22(23(19)27)13-16-8-10-26(11-9-16)14-17-4-3-5-18(25)12-17;/h3-13H,14-15H2,1-2H3;1H/q+1;/p-1/b22-13-;. The molecule has 0 atom stereocenters. The molecule has 4 rings (SSSR count). The highest BCUT2D eigenvalue weighted by Gasteiger charge is 2.28. The Morgan fingerprint density at radius 3 is 2.55 bits per heavy atom. The number of carbonyl (C=O) groups is 1. The minimum Gasteiger partial charge on any atom is -1.00 e. The van der Waals surface area contributed by atoms with Crippen molar-refractivity contribution in [3.05, 3.63) is 94.0 Å². The Morgan fingerprint density at radius 1 is 1.10 bits per heavy atom. The second-order valence-corrected chi connectivity index (χ2v) is 7.32. The second kappa shape index (κ2) is 9.98. The smallest absolute Gasteiger partial charge is 0.228 e. The number of fused-ring (bicyclic) bond motifs is 1. The van der Waals surface area contributed by atoms with Crippen LogP contribution in [-0.2, 0) is 17.9 Å². The number of carbonyl (C=O) groups excluding carboxylic acids is 1. The fourth-order valence-electron chi connectivity index (χ4n) is 3.47. The number of halogens is 2.